The fourth-order valence-corrected chi connectivity index (χ4v) is 2.27. The largest absolute Gasteiger partial charge is 0.495 e. The van der Waals surface area contributed by atoms with E-state index in [0.717, 1.165) is 18.4 Å². The topological polar surface area (TPSA) is 46.5 Å². The monoisotopic (exact) mass is 270 g/mol. The van der Waals surface area contributed by atoms with Crippen LogP contribution in [-0.2, 0) is 0 Å². The van der Waals surface area contributed by atoms with Gasteiger partial charge in [0.25, 0.3) is 0 Å². The Kier molecular flexibility index (Phi) is 2.69. The molecule has 0 atom stereocenters. The fraction of sp³-hybridized carbons (Fsp3) is 0.364. The normalized spacial score (nSPS) is 15.1. The van der Waals surface area contributed by atoms with Gasteiger partial charge in [-0.25, -0.2) is 4.79 Å². The van der Waals surface area contributed by atoms with Crippen LogP contribution >= 0.6 is 15.9 Å². The van der Waals surface area contributed by atoms with Crippen LogP contribution in [0.25, 0.3) is 0 Å². The first kappa shape index (κ1) is 10.5. The van der Waals surface area contributed by atoms with Gasteiger partial charge in [-0.05, 0) is 52.4 Å². The van der Waals surface area contributed by atoms with Gasteiger partial charge in [-0.2, -0.15) is 0 Å². The minimum absolute atomic E-state index is 0.230. The van der Waals surface area contributed by atoms with Crippen molar-refractivity contribution in [3.63, 3.8) is 0 Å². The van der Waals surface area contributed by atoms with Crippen LogP contribution in [0.15, 0.2) is 16.6 Å². The number of carboxylic acids is 1. The first-order chi connectivity index (χ1) is 7.13. The van der Waals surface area contributed by atoms with Crippen molar-refractivity contribution in [2.45, 2.75) is 18.8 Å². The summed E-state index contributed by atoms with van der Waals surface area (Å²) in [6.07, 6.45) is 2.30. The van der Waals surface area contributed by atoms with Gasteiger partial charge in [-0.3, -0.25) is 0 Å². The molecule has 0 unspecified atom stereocenters. The van der Waals surface area contributed by atoms with Gasteiger partial charge in [0.05, 0.1) is 11.6 Å². The Morgan fingerprint density at radius 1 is 1.53 bits per heavy atom. The highest BCUT2D eigenvalue weighted by atomic mass is 79.9. The minimum Gasteiger partial charge on any atom is -0.495 e. The van der Waals surface area contributed by atoms with Gasteiger partial charge >= 0.3 is 5.97 Å². The summed E-state index contributed by atoms with van der Waals surface area (Å²) in [5.41, 5.74) is 1.31. The van der Waals surface area contributed by atoms with Gasteiger partial charge in [0, 0.05) is 0 Å². The van der Waals surface area contributed by atoms with Crippen molar-refractivity contribution >= 4 is 21.9 Å². The first-order valence-corrected chi connectivity index (χ1v) is 5.53. The van der Waals surface area contributed by atoms with Gasteiger partial charge in [0.1, 0.15) is 11.3 Å². The minimum atomic E-state index is -0.949. The summed E-state index contributed by atoms with van der Waals surface area (Å²) in [6, 6.07) is 3.66. The standard InChI is InChI=1S/C11H11BrO3/c1-15-10-8(11(13)14)4-7(5-9(10)12)6-2-3-6/h4-6H,2-3H2,1H3,(H,13,14). The Morgan fingerprint density at radius 3 is 2.67 bits per heavy atom. The van der Waals surface area contributed by atoms with Crippen LogP contribution < -0.4 is 4.74 Å². The molecule has 4 heteroatoms. The quantitative estimate of drug-likeness (QED) is 0.919. The molecular formula is C11H11BrO3. The van der Waals surface area contributed by atoms with Crippen LogP contribution in [0.4, 0.5) is 0 Å². The Hall–Kier alpha value is -1.03. The third-order valence-corrected chi connectivity index (χ3v) is 3.14. The molecule has 1 aliphatic carbocycles. The molecule has 0 bridgehead atoms. The van der Waals surface area contributed by atoms with E-state index in [1.54, 1.807) is 6.07 Å². The van der Waals surface area contributed by atoms with Gasteiger partial charge in [-0.1, -0.05) is 0 Å². The molecule has 0 saturated heterocycles. The zero-order valence-electron chi connectivity index (χ0n) is 8.29. The van der Waals surface area contributed by atoms with Crippen LogP contribution in [0.3, 0.4) is 0 Å². The van der Waals surface area contributed by atoms with Crippen molar-refractivity contribution in [2.24, 2.45) is 0 Å². The SMILES string of the molecule is COc1c(Br)cc(C2CC2)cc1C(=O)O. The summed E-state index contributed by atoms with van der Waals surface area (Å²) in [6.45, 7) is 0. The molecule has 1 saturated carbocycles. The molecule has 80 valence electrons. The molecule has 1 fully saturated rings. The maximum Gasteiger partial charge on any atom is 0.339 e. The summed E-state index contributed by atoms with van der Waals surface area (Å²) in [7, 11) is 1.48. The zero-order chi connectivity index (χ0) is 11.0. The van der Waals surface area contributed by atoms with E-state index in [1.165, 1.54) is 7.11 Å². The maximum absolute atomic E-state index is 11.0. The number of ether oxygens (including phenoxy) is 1. The van der Waals surface area contributed by atoms with Crippen molar-refractivity contribution < 1.29 is 14.6 Å². The molecule has 0 heterocycles. The third-order valence-electron chi connectivity index (χ3n) is 2.55. The Morgan fingerprint density at radius 2 is 2.20 bits per heavy atom. The number of halogens is 1. The van der Waals surface area contributed by atoms with Crippen LogP contribution in [0.1, 0.15) is 34.7 Å². The van der Waals surface area contributed by atoms with E-state index in [1.807, 2.05) is 6.07 Å². The van der Waals surface area contributed by atoms with Gasteiger partial charge in [0.15, 0.2) is 0 Å². The zero-order valence-corrected chi connectivity index (χ0v) is 9.87. The second-order valence-electron chi connectivity index (χ2n) is 3.66. The van der Waals surface area contributed by atoms with Gasteiger partial charge in [-0.15, -0.1) is 0 Å². The molecule has 3 nitrogen and oxygen atoms in total. The van der Waals surface area contributed by atoms with E-state index in [9.17, 15) is 4.79 Å². The molecule has 1 N–H and O–H groups in total. The molecule has 1 aromatic carbocycles. The second-order valence-corrected chi connectivity index (χ2v) is 4.52. The molecule has 0 aromatic heterocycles. The molecule has 0 radical (unpaired) electrons. The lowest BCUT2D eigenvalue weighted by Gasteiger charge is -2.09. The summed E-state index contributed by atoms with van der Waals surface area (Å²) in [4.78, 5) is 11.0. The van der Waals surface area contributed by atoms with Crippen molar-refractivity contribution in [1.82, 2.24) is 0 Å². The Labute approximate surface area is 96.2 Å². The number of carboxylic acid groups (broad SMARTS) is 1. The van der Waals surface area contributed by atoms with Gasteiger partial charge in [0.2, 0.25) is 0 Å². The van der Waals surface area contributed by atoms with E-state index in [4.69, 9.17) is 9.84 Å². The molecule has 0 amide bonds. The summed E-state index contributed by atoms with van der Waals surface area (Å²) in [5, 5.41) is 9.05. The molecule has 0 aliphatic heterocycles. The Balaban J connectivity index is 2.52. The molecule has 15 heavy (non-hydrogen) atoms. The number of rotatable bonds is 3. The van der Waals surface area contributed by atoms with Crippen LogP contribution in [0.5, 0.6) is 5.75 Å². The number of hydrogen-bond acceptors (Lipinski definition) is 2. The lowest BCUT2D eigenvalue weighted by molar-refractivity contribution is 0.0693. The van der Waals surface area contributed by atoms with E-state index in [-0.39, 0.29) is 5.56 Å². The molecule has 1 aromatic rings. The molecule has 0 spiro atoms. The lowest BCUT2D eigenvalue weighted by Crippen LogP contribution is -2.02. The van der Waals surface area contributed by atoms with Crippen molar-refractivity contribution in [2.75, 3.05) is 7.11 Å². The van der Waals surface area contributed by atoms with Crippen LogP contribution in [0, 0.1) is 0 Å². The average molecular weight is 271 g/mol. The molecular weight excluding hydrogens is 260 g/mol. The average Bonchev–Trinajstić information content (AvgIpc) is 2.99. The van der Waals surface area contributed by atoms with E-state index in [0.29, 0.717) is 16.1 Å². The van der Waals surface area contributed by atoms with E-state index in [2.05, 4.69) is 15.9 Å². The van der Waals surface area contributed by atoms with Crippen molar-refractivity contribution in [3.05, 3.63) is 27.7 Å². The predicted octanol–water partition coefficient (Wildman–Crippen LogP) is 3.03. The molecule has 2 rings (SSSR count). The summed E-state index contributed by atoms with van der Waals surface area (Å²) >= 11 is 3.33. The number of hydrogen-bond donors (Lipinski definition) is 1. The van der Waals surface area contributed by atoms with Crippen LogP contribution in [-0.4, -0.2) is 18.2 Å². The third kappa shape index (κ3) is 2.00. The smallest absolute Gasteiger partial charge is 0.339 e. The van der Waals surface area contributed by atoms with Crippen LogP contribution in [0.2, 0.25) is 0 Å². The van der Waals surface area contributed by atoms with E-state index >= 15 is 0 Å². The predicted molar refractivity (Wildman–Crippen MR) is 59.6 cm³/mol. The summed E-state index contributed by atoms with van der Waals surface area (Å²) in [5.74, 6) is -0.0211. The second kappa shape index (κ2) is 3.85. The number of methoxy groups -OCH3 is 1. The first-order valence-electron chi connectivity index (χ1n) is 4.74. The lowest BCUT2D eigenvalue weighted by atomic mass is 10.1. The van der Waals surface area contributed by atoms with E-state index < -0.39 is 5.97 Å². The number of carbonyl (C=O) groups is 1. The van der Waals surface area contributed by atoms with Crippen molar-refractivity contribution in [1.29, 1.82) is 0 Å². The highest BCUT2D eigenvalue weighted by molar-refractivity contribution is 9.10. The highest BCUT2D eigenvalue weighted by Gasteiger charge is 2.26. The summed E-state index contributed by atoms with van der Waals surface area (Å²) < 4.78 is 5.78. The van der Waals surface area contributed by atoms with Gasteiger partial charge < -0.3 is 9.84 Å². The molecule has 1 aliphatic rings. The van der Waals surface area contributed by atoms with Crippen molar-refractivity contribution in [3.8, 4) is 5.75 Å². The number of aromatic carboxylic acids is 1. The fourth-order valence-electron chi connectivity index (χ4n) is 1.63. The Bertz CT molecular complexity index is 411. The maximum atomic E-state index is 11.0. The number of benzene rings is 1. The highest BCUT2D eigenvalue weighted by Crippen LogP contribution is 2.43.